The summed E-state index contributed by atoms with van der Waals surface area (Å²) in [6, 6.07) is 11.0. The molecule has 21 heavy (non-hydrogen) atoms. The molecule has 3 aromatic rings. The van der Waals surface area contributed by atoms with Gasteiger partial charge < -0.3 is 10.5 Å². The summed E-state index contributed by atoms with van der Waals surface area (Å²) in [5.74, 6) is 1.43. The van der Waals surface area contributed by atoms with E-state index in [0.717, 1.165) is 11.3 Å². The molecule has 0 saturated carbocycles. The molecule has 0 unspecified atom stereocenters. The number of ether oxygens (including phenoxy) is 1. The Morgan fingerprint density at radius 3 is 2.76 bits per heavy atom. The molecule has 2 aromatic heterocycles. The molecule has 3 rings (SSSR count). The average Bonchev–Trinajstić information content (AvgIpc) is 2.99. The van der Waals surface area contributed by atoms with Gasteiger partial charge >= 0.3 is 0 Å². The standard InChI is InChI=1S/C14H14N6O/c15-12-3-5-13(6-4-12)21-9-8-20-14(17-18-19-20)11-2-1-7-16-10-11/h1-7,10H,8-9,15H2. The van der Waals surface area contributed by atoms with Gasteiger partial charge in [0.25, 0.3) is 0 Å². The van der Waals surface area contributed by atoms with Crippen LogP contribution in [0.15, 0.2) is 48.8 Å². The predicted molar refractivity (Wildman–Crippen MR) is 77.4 cm³/mol. The maximum absolute atomic E-state index is 5.64. The Bertz CT molecular complexity index is 695. The quantitative estimate of drug-likeness (QED) is 0.711. The van der Waals surface area contributed by atoms with Gasteiger partial charge in [0.15, 0.2) is 5.82 Å². The Balaban J connectivity index is 1.64. The van der Waals surface area contributed by atoms with E-state index in [1.54, 1.807) is 29.2 Å². The van der Waals surface area contributed by atoms with Gasteiger partial charge in [0.05, 0.1) is 6.54 Å². The van der Waals surface area contributed by atoms with Gasteiger partial charge in [0.2, 0.25) is 0 Å². The maximum Gasteiger partial charge on any atom is 0.183 e. The van der Waals surface area contributed by atoms with Crippen LogP contribution in [0.3, 0.4) is 0 Å². The first-order valence-corrected chi connectivity index (χ1v) is 6.48. The van der Waals surface area contributed by atoms with Crippen LogP contribution in [0, 0.1) is 0 Å². The van der Waals surface area contributed by atoms with Crippen molar-refractivity contribution in [3.05, 3.63) is 48.8 Å². The summed E-state index contributed by atoms with van der Waals surface area (Å²) in [7, 11) is 0. The fourth-order valence-electron chi connectivity index (χ4n) is 1.87. The summed E-state index contributed by atoms with van der Waals surface area (Å²) in [5.41, 5.74) is 7.20. The van der Waals surface area contributed by atoms with E-state index in [1.807, 2.05) is 24.3 Å². The van der Waals surface area contributed by atoms with E-state index in [9.17, 15) is 0 Å². The van der Waals surface area contributed by atoms with Crippen molar-refractivity contribution in [2.75, 3.05) is 12.3 Å². The van der Waals surface area contributed by atoms with Crippen LogP contribution in [0.5, 0.6) is 5.75 Å². The van der Waals surface area contributed by atoms with E-state index in [1.165, 1.54) is 0 Å². The average molecular weight is 282 g/mol. The lowest BCUT2D eigenvalue weighted by molar-refractivity contribution is 0.290. The van der Waals surface area contributed by atoms with Crippen LogP contribution in [0.4, 0.5) is 5.69 Å². The van der Waals surface area contributed by atoms with Gasteiger partial charge in [-0.25, -0.2) is 4.68 Å². The SMILES string of the molecule is Nc1ccc(OCCn2nnnc2-c2cccnc2)cc1. The summed E-state index contributed by atoms with van der Waals surface area (Å²) < 4.78 is 7.33. The van der Waals surface area contributed by atoms with Crippen molar-refractivity contribution >= 4 is 5.69 Å². The Morgan fingerprint density at radius 2 is 2.00 bits per heavy atom. The molecule has 0 atom stereocenters. The fraction of sp³-hybridized carbons (Fsp3) is 0.143. The second-order valence-electron chi connectivity index (χ2n) is 4.38. The zero-order valence-electron chi connectivity index (χ0n) is 11.3. The molecule has 0 saturated heterocycles. The molecular weight excluding hydrogens is 268 g/mol. The van der Waals surface area contributed by atoms with E-state index in [-0.39, 0.29) is 0 Å². The fourth-order valence-corrected chi connectivity index (χ4v) is 1.87. The van der Waals surface area contributed by atoms with Crippen molar-refractivity contribution in [3.8, 4) is 17.1 Å². The monoisotopic (exact) mass is 282 g/mol. The van der Waals surface area contributed by atoms with Crippen molar-refractivity contribution in [1.82, 2.24) is 25.2 Å². The number of anilines is 1. The Labute approximate surface area is 121 Å². The van der Waals surface area contributed by atoms with Gasteiger partial charge in [0.1, 0.15) is 12.4 Å². The first kappa shape index (κ1) is 13.0. The number of nitrogen functional groups attached to an aromatic ring is 1. The first-order chi connectivity index (χ1) is 10.3. The van der Waals surface area contributed by atoms with Gasteiger partial charge in [-0.15, -0.1) is 5.10 Å². The van der Waals surface area contributed by atoms with Crippen LogP contribution in [0.25, 0.3) is 11.4 Å². The van der Waals surface area contributed by atoms with Gasteiger partial charge in [-0.05, 0) is 46.8 Å². The molecule has 1 aromatic carbocycles. The number of pyridine rings is 1. The second kappa shape index (κ2) is 6.00. The number of rotatable bonds is 5. The molecule has 0 aliphatic rings. The van der Waals surface area contributed by atoms with E-state index < -0.39 is 0 Å². The summed E-state index contributed by atoms with van der Waals surface area (Å²) in [6.07, 6.45) is 3.44. The lowest BCUT2D eigenvalue weighted by Gasteiger charge is -2.07. The van der Waals surface area contributed by atoms with Crippen LogP contribution in [0.2, 0.25) is 0 Å². The van der Waals surface area contributed by atoms with Crippen molar-refractivity contribution in [2.24, 2.45) is 0 Å². The Morgan fingerprint density at radius 1 is 1.14 bits per heavy atom. The Hall–Kier alpha value is -2.96. The van der Waals surface area contributed by atoms with Crippen molar-refractivity contribution in [3.63, 3.8) is 0 Å². The lowest BCUT2D eigenvalue weighted by Crippen LogP contribution is -2.11. The molecule has 0 fully saturated rings. The molecule has 106 valence electrons. The molecule has 7 nitrogen and oxygen atoms in total. The molecule has 0 aliphatic heterocycles. The minimum atomic E-state index is 0.461. The summed E-state index contributed by atoms with van der Waals surface area (Å²) >= 11 is 0. The number of aromatic nitrogens is 5. The number of tetrazole rings is 1. The van der Waals surface area contributed by atoms with Gasteiger partial charge in [-0.2, -0.15) is 0 Å². The molecule has 0 bridgehead atoms. The minimum Gasteiger partial charge on any atom is -0.492 e. The third-order valence-corrected chi connectivity index (χ3v) is 2.90. The summed E-state index contributed by atoms with van der Waals surface area (Å²) in [5, 5.41) is 11.7. The predicted octanol–water partition coefficient (Wildman–Crippen LogP) is 1.40. The van der Waals surface area contributed by atoms with Gasteiger partial charge in [-0.3, -0.25) is 4.98 Å². The molecule has 0 radical (unpaired) electrons. The van der Waals surface area contributed by atoms with E-state index in [0.29, 0.717) is 24.7 Å². The highest BCUT2D eigenvalue weighted by atomic mass is 16.5. The van der Waals surface area contributed by atoms with E-state index in [2.05, 4.69) is 20.5 Å². The second-order valence-corrected chi connectivity index (χ2v) is 4.38. The number of hydrogen-bond donors (Lipinski definition) is 1. The zero-order chi connectivity index (χ0) is 14.5. The number of hydrogen-bond acceptors (Lipinski definition) is 6. The molecule has 2 N–H and O–H groups in total. The molecule has 0 aliphatic carbocycles. The molecular formula is C14H14N6O. The molecule has 7 heteroatoms. The van der Waals surface area contributed by atoms with Crippen LogP contribution in [-0.2, 0) is 6.54 Å². The number of nitrogens with two attached hydrogens (primary N) is 1. The highest BCUT2D eigenvalue weighted by molar-refractivity contribution is 5.52. The van der Waals surface area contributed by atoms with Gasteiger partial charge in [-0.1, -0.05) is 0 Å². The largest absolute Gasteiger partial charge is 0.492 e. The third-order valence-electron chi connectivity index (χ3n) is 2.90. The van der Waals surface area contributed by atoms with Crippen LogP contribution in [-0.4, -0.2) is 31.8 Å². The normalized spacial score (nSPS) is 10.5. The van der Waals surface area contributed by atoms with E-state index in [4.69, 9.17) is 10.5 Å². The maximum atomic E-state index is 5.64. The zero-order valence-corrected chi connectivity index (χ0v) is 11.3. The van der Waals surface area contributed by atoms with Crippen molar-refractivity contribution < 1.29 is 4.74 Å². The topological polar surface area (TPSA) is 91.7 Å². The summed E-state index contributed by atoms with van der Waals surface area (Å²) in [6.45, 7) is 1.00. The summed E-state index contributed by atoms with van der Waals surface area (Å²) in [4.78, 5) is 4.07. The molecule has 2 heterocycles. The smallest absolute Gasteiger partial charge is 0.183 e. The van der Waals surface area contributed by atoms with Crippen LogP contribution >= 0.6 is 0 Å². The third kappa shape index (κ3) is 3.14. The highest BCUT2D eigenvalue weighted by Gasteiger charge is 2.08. The van der Waals surface area contributed by atoms with Crippen LogP contribution < -0.4 is 10.5 Å². The highest BCUT2D eigenvalue weighted by Crippen LogP contribution is 2.15. The van der Waals surface area contributed by atoms with Crippen molar-refractivity contribution in [2.45, 2.75) is 6.54 Å². The Kier molecular flexibility index (Phi) is 3.72. The number of benzene rings is 1. The van der Waals surface area contributed by atoms with Gasteiger partial charge in [0, 0.05) is 23.6 Å². The minimum absolute atomic E-state index is 0.461. The van der Waals surface area contributed by atoms with Crippen molar-refractivity contribution in [1.29, 1.82) is 0 Å². The lowest BCUT2D eigenvalue weighted by atomic mass is 10.3. The molecule has 0 spiro atoms. The van der Waals surface area contributed by atoms with E-state index >= 15 is 0 Å². The number of nitrogens with zero attached hydrogens (tertiary/aromatic N) is 5. The van der Waals surface area contributed by atoms with Crippen LogP contribution in [0.1, 0.15) is 0 Å². The first-order valence-electron chi connectivity index (χ1n) is 6.48. The molecule has 0 amide bonds.